The van der Waals surface area contributed by atoms with Crippen molar-refractivity contribution in [3.05, 3.63) is 46.0 Å². The van der Waals surface area contributed by atoms with Crippen molar-refractivity contribution in [1.82, 2.24) is 4.90 Å². The standard InChI is InChI=1S/C18H19Cl2NO3/c1-24-18(23)13-4-2-3-12-7-8-21(17(22)16(12)13)10-11-5-6-14(19)15(20)9-11/h2-3,5-6,9,12-13,16H,4,7-8,10H2,1H3/t12-,13-,16+/m0/s1. The first-order valence-electron chi connectivity index (χ1n) is 7.98. The summed E-state index contributed by atoms with van der Waals surface area (Å²) in [5.41, 5.74) is 0.928. The van der Waals surface area contributed by atoms with Crippen LogP contribution in [0.25, 0.3) is 0 Å². The van der Waals surface area contributed by atoms with Crippen molar-refractivity contribution in [2.75, 3.05) is 13.7 Å². The average molecular weight is 368 g/mol. The maximum absolute atomic E-state index is 13.0. The molecule has 0 aromatic heterocycles. The summed E-state index contributed by atoms with van der Waals surface area (Å²) in [6, 6.07) is 5.38. The molecule has 1 heterocycles. The fourth-order valence-corrected chi connectivity index (χ4v) is 3.95. The minimum atomic E-state index is -0.394. The van der Waals surface area contributed by atoms with Crippen LogP contribution in [0.5, 0.6) is 0 Å². The van der Waals surface area contributed by atoms with Gasteiger partial charge in [-0.05, 0) is 36.5 Å². The summed E-state index contributed by atoms with van der Waals surface area (Å²) in [5.74, 6) is -0.912. The van der Waals surface area contributed by atoms with Crippen LogP contribution in [0.1, 0.15) is 18.4 Å². The monoisotopic (exact) mass is 367 g/mol. The third-order valence-electron chi connectivity index (χ3n) is 4.86. The quantitative estimate of drug-likeness (QED) is 0.604. The van der Waals surface area contributed by atoms with Crippen LogP contribution in [0.3, 0.4) is 0 Å². The number of hydrogen-bond donors (Lipinski definition) is 0. The molecule has 128 valence electrons. The van der Waals surface area contributed by atoms with E-state index in [2.05, 4.69) is 6.08 Å². The second-order valence-electron chi connectivity index (χ2n) is 6.28. The molecule has 1 aliphatic carbocycles. The lowest BCUT2D eigenvalue weighted by atomic mass is 9.71. The molecule has 0 unspecified atom stereocenters. The molecular formula is C18H19Cl2NO3. The van der Waals surface area contributed by atoms with E-state index in [1.807, 2.05) is 12.1 Å². The van der Waals surface area contributed by atoms with E-state index >= 15 is 0 Å². The van der Waals surface area contributed by atoms with Gasteiger partial charge in [0.1, 0.15) is 0 Å². The van der Waals surface area contributed by atoms with E-state index in [1.165, 1.54) is 7.11 Å². The Morgan fingerprint density at radius 1 is 1.33 bits per heavy atom. The number of amides is 1. The predicted octanol–water partition coefficient (Wildman–Crippen LogP) is 3.71. The van der Waals surface area contributed by atoms with E-state index in [-0.39, 0.29) is 23.7 Å². The molecule has 1 saturated heterocycles. The number of nitrogens with zero attached hydrogens (tertiary/aromatic N) is 1. The van der Waals surface area contributed by atoms with Crippen LogP contribution in [0.4, 0.5) is 0 Å². The van der Waals surface area contributed by atoms with E-state index in [9.17, 15) is 9.59 Å². The SMILES string of the molecule is COC(=O)[C@H]1CC=C[C@H]2CCN(Cc3ccc(Cl)c(Cl)c3)C(=O)[C@@H]12. The molecule has 1 aromatic rings. The van der Waals surface area contributed by atoms with Gasteiger partial charge in [0, 0.05) is 13.1 Å². The number of methoxy groups -OCH3 is 1. The fraction of sp³-hybridized carbons (Fsp3) is 0.444. The highest BCUT2D eigenvalue weighted by Gasteiger charge is 2.44. The summed E-state index contributed by atoms with van der Waals surface area (Å²) in [6.45, 7) is 1.13. The van der Waals surface area contributed by atoms with Crippen molar-refractivity contribution in [2.45, 2.75) is 19.4 Å². The number of carbonyl (C=O) groups is 2. The molecule has 0 saturated carbocycles. The average Bonchev–Trinajstić information content (AvgIpc) is 2.59. The van der Waals surface area contributed by atoms with Gasteiger partial charge in [0.2, 0.25) is 5.91 Å². The second-order valence-corrected chi connectivity index (χ2v) is 7.09. The molecule has 1 fully saturated rings. The molecular weight excluding hydrogens is 349 g/mol. The topological polar surface area (TPSA) is 46.6 Å². The summed E-state index contributed by atoms with van der Waals surface area (Å²) >= 11 is 12.0. The molecule has 3 rings (SSSR count). The van der Waals surface area contributed by atoms with Gasteiger partial charge in [-0.15, -0.1) is 0 Å². The van der Waals surface area contributed by atoms with Crippen LogP contribution in [0, 0.1) is 17.8 Å². The highest BCUT2D eigenvalue weighted by molar-refractivity contribution is 6.42. The summed E-state index contributed by atoms with van der Waals surface area (Å²) in [7, 11) is 1.37. The maximum Gasteiger partial charge on any atom is 0.309 e. The lowest BCUT2D eigenvalue weighted by molar-refractivity contribution is -0.157. The molecule has 0 radical (unpaired) electrons. The minimum absolute atomic E-state index is 0.0112. The number of benzene rings is 1. The molecule has 3 atom stereocenters. The van der Waals surface area contributed by atoms with Gasteiger partial charge in [-0.25, -0.2) is 0 Å². The molecule has 0 N–H and O–H groups in total. The Bertz CT molecular complexity index is 689. The third-order valence-corrected chi connectivity index (χ3v) is 5.60. The van der Waals surface area contributed by atoms with Gasteiger partial charge in [0.15, 0.2) is 0 Å². The summed E-state index contributed by atoms with van der Waals surface area (Å²) in [4.78, 5) is 26.8. The Hall–Kier alpha value is -1.52. The Balaban J connectivity index is 1.79. The lowest BCUT2D eigenvalue weighted by Gasteiger charge is -2.41. The highest BCUT2D eigenvalue weighted by atomic mass is 35.5. The lowest BCUT2D eigenvalue weighted by Crippen LogP contribution is -2.50. The van der Waals surface area contributed by atoms with Crippen molar-refractivity contribution in [3.8, 4) is 0 Å². The fourth-order valence-electron chi connectivity index (χ4n) is 3.63. The molecule has 1 aliphatic heterocycles. The number of esters is 1. The zero-order valence-electron chi connectivity index (χ0n) is 13.4. The summed E-state index contributed by atoms with van der Waals surface area (Å²) in [6.07, 6.45) is 5.46. The van der Waals surface area contributed by atoms with Crippen LogP contribution in [-0.2, 0) is 20.9 Å². The number of hydrogen-bond acceptors (Lipinski definition) is 3. The number of allylic oxidation sites excluding steroid dienone is 2. The van der Waals surface area contributed by atoms with Crippen molar-refractivity contribution in [3.63, 3.8) is 0 Å². The minimum Gasteiger partial charge on any atom is -0.469 e. The van der Waals surface area contributed by atoms with Crippen LogP contribution in [0.15, 0.2) is 30.4 Å². The predicted molar refractivity (Wildman–Crippen MR) is 92.7 cm³/mol. The highest BCUT2D eigenvalue weighted by Crippen LogP contribution is 2.38. The largest absolute Gasteiger partial charge is 0.469 e. The number of carbonyl (C=O) groups excluding carboxylic acids is 2. The second kappa shape index (κ2) is 7.16. The molecule has 24 heavy (non-hydrogen) atoms. The molecule has 6 heteroatoms. The Labute approximate surface area is 151 Å². The molecule has 4 nitrogen and oxygen atoms in total. The van der Waals surface area contributed by atoms with Crippen LogP contribution in [-0.4, -0.2) is 30.4 Å². The van der Waals surface area contributed by atoms with Crippen LogP contribution in [0.2, 0.25) is 10.0 Å². The number of fused-ring (bicyclic) bond motifs is 1. The first kappa shape index (κ1) is 17.3. The smallest absolute Gasteiger partial charge is 0.309 e. The number of ether oxygens (including phenoxy) is 1. The van der Waals surface area contributed by atoms with Crippen molar-refractivity contribution in [1.29, 1.82) is 0 Å². The third kappa shape index (κ3) is 3.31. The first-order valence-corrected chi connectivity index (χ1v) is 8.74. The van der Waals surface area contributed by atoms with Gasteiger partial charge in [-0.1, -0.05) is 41.4 Å². The van der Waals surface area contributed by atoms with Gasteiger partial charge in [-0.3, -0.25) is 9.59 Å². The van der Waals surface area contributed by atoms with E-state index in [0.29, 0.717) is 29.6 Å². The van der Waals surface area contributed by atoms with Crippen molar-refractivity contribution in [2.24, 2.45) is 17.8 Å². The summed E-state index contributed by atoms with van der Waals surface area (Å²) in [5, 5.41) is 0.971. The first-order chi connectivity index (χ1) is 11.5. The Morgan fingerprint density at radius 2 is 2.12 bits per heavy atom. The Morgan fingerprint density at radius 3 is 2.83 bits per heavy atom. The van der Waals surface area contributed by atoms with Gasteiger partial charge in [0.05, 0.1) is 29.0 Å². The number of piperidine rings is 1. The van der Waals surface area contributed by atoms with E-state index < -0.39 is 5.92 Å². The molecule has 1 amide bonds. The Kier molecular flexibility index (Phi) is 5.16. The molecule has 2 aliphatic rings. The number of likely N-dealkylation sites (tertiary alicyclic amines) is 1. The van der Waals surface area contributed by atoms with Gasteiger partial charge < -0.3 is 9.64 Å². The van der Waals surface area contributed by atoms with E-state index in [1.54, 1.807) is 17.0 Å². The van der Waals surface area contributed by atoms with E-state index in [4.69, 9.17) is 27.9 Å². The number of rotatable bonds is 3. The van der Waals surface area contributed by atoms with Crippen LogP contribution < -0.4 is 0 Å². The molecule has 0 bridgehead atoms. The zero-order valence-corrected chi connectivity index (χ0v) is 14.9. The van der Waals surface area contributed by atoms with Crippen LogP contribution >= 0.6 is 23.2 Å². The van der Waals surface area contributed by atoms with E-state index in [0.717, 1.165) is 12.0 Å². The van der Waals surface area contributed by atoms with Gasteiger partial charge in [0.25, 0.3) is 0 Å². The maximum atomic E-state index is 13.0. The molecule has 0 spiro atoms. The van der Waals surface area contributed by atoms with Gasteiger partial charge in [-0.2, -0.15) is 0 Å². The molecule has 1 aromatic carbocycles. The zero-order chi connectivity index (χ0) is 17.3. The number of halogens is 2. The van der Waals surface area contributed by atoms with Gasteiger partial charge >= 0.3 is 5.97 Å². The summed E-state index contributed by atoms with van der Waals surface area (Å²) < 4.78 is 4.89. The normalized spacial score (nSPS) is 26.2. The van der Waals surface area contributed by atoms with Crippen molar-refractivity contribution < 1.29 is 14.3 Å². The van der Waals surface area contributed by atoms with Crippen molar-refractivity contribution >= 4 is 35.1 Å².